The molecule has 0 fully saturated rings. The minimum atomic E-state index is -1.50. The van der Waals surface area contributed by atoms with Crippen molar-refractivity contribution in [1.29, 1.82) is 0 Å². The van der Waals surface area contributed by atoms with Gasteiger partial charge >= 0.3 is 18.0 Å². The second kappa shape index (κ2) is 7.64. The second-order valence-electron chi connectivity index (χ2n) is 3.75. The van der Waals surface area contributed by atoms with Crippen LogP contribution in [0.5, 0.6) is 0 Å². The number of carboxylic acids is 2. The van der Waals surface area contributed by atoms with E-state index in [1.54, 1.807) is 6.92 Å². The molecule has 0 saturated carbocycles. The third-order valence-electron chi connectivity index (χ3n) is 1.84. The predicted molar refractivity (Wildman–Crippen MR) is 63.7 cm³/mol. The number of rotatable bonds is 7. The molecular formula is C9H16N2O6S. The minimum absolute atomic E-state index is 0.226. The molecule has 8 nitrogen and oxygen atoms in total. The van der Waals surface area contributed by atoms with Crippen molar-refractivity contribution in [2.75, 3.05) is 12.0 Å². The molecule has 0 bridgehead atoms. The molecule has 3 atom stereocenters. The number of hydrogen-bond acceptors (Lipinski definition) is 4. The average Bonchev–Trinajstić information content (AvgIpc) is 2.13. The third kappa shape index (κ3) is 7.60. The van der Waals surface area contributed by atoms with Crippen LogP contribution in [0, 0.1) is 0 Å². The summed E-state index contributed by atoms with van der Waals surface area (Å²) < 4.78 is 10.9. The van der Waals surface area contributed by atoms with Crippen LogP contribution in [0.3, 0.4) is 0 Å². The lowest BCUT2D eigenvalue weighted by atomic mass is 10.2. The van der Waals surface area contributed by atoms with Crippen LogP contribution in [0.1, 0.15) is 13.3 Å². The summed E-state index contributed by atoms with van der Waals surface area (Å²) in [6.45, 7) is 1.61. The fraction of sp³-hybridized carbons (Fsp3) is 0.667. The fourth-order valence-corrected chi connectivity index (χ4v) is 1.98. The average molecular weight is 280 g/mol. The molecule has 0 aromatic heterocycles. The number of aliphatic carboxylic acids is 2. The van der Waals surface area contributed by atoms with E-state index in [2.05, 4.69) is 5.32 Å². The van der Waals surface area contributed by atoms with Crippen molar-refractivity contribution in [1.82, 2.24) is 10.6 Å². The van der Waals surface area contributed by atoms with Crippen LogP contribution in [0.4, 0.5) is 4.79 Å². The first-order valence-electron chi connectivity index (χ1n) is 5.04. The highest BCUT2D eigenvalue weighted by Gasteiger charge is 2.23. The van der Waals surface area contributed by atoms with E-state index in [1.807, 2.05) is 5.32 Å². The Balaban J connectivity index is 4.29. The van der Waals surface area contributed by atoms with E-state index in [9.17, 15) is 18.6 Å². The molecule has 0 radical (unpaired) electrons. The molecule has 0 aliphatic rings. The van der Waals surface area contributed by atoms with E-state index >= 15 is 0 Å². The number of carbonyl (C=O) groups is 3. The Hall–Kier alpha value is -1.64. The zero-order chi connectivity index (χ0) is 14.3. The lowest BCUT2D eigenvalue weighted by Crippen LogP contribution is -2.50. The van der Waals surface area contributed by atoms with Gasteiger partial charge in [0.15, 0.2) is 0 Å². The zero-order valence-electron chi connectivity index (χ0n) is 10.0. The van der Waals surface area contributed by atoms with Gasteiger partial charge in [0.1, 0.15) is 6.04 Å². The van der Waals surface area contributed by atoms with Gasteiger partial charge in [-0.3, -0.25) is 9.00 Å². The lowest BCUT2D eigenvalue weighted by molar-refractivity contribution is -0.145. The smallest absolute Gasteiger partial charge is 0.326 e. The maximum Gasteiger partial charge on any atom is 0.326 e. The quantitative estimate of drug-likeness (QED) is 0.472. The molecule has 0 aromatic rings. The van der Waals surface area contributed by atoms with Crippen LogP contribution in [0.2, 0.25) is 0 Å². The molecule has 0 aromatic carbocycles. The summed E-state index contributed by atoms with van der Waals surface area (Å²) in [5, 5.41) is 21.6. The van der Waals surface area contributed by atoms with Crippen LogP contribution in [0.25, 0.3) is 0 Å². The van der Waals surface area contributed by atoms with Gasteiger partial charge in [0.2, 0.25) is 0 Å². The first kappa shape index (κ1) is 16.4. The molecular weight excluding hydrogens is 264 g/mol. The summed E-state index contributed by atoms with van der Waals surface area (Å²) in [7, 11) is -1.10. The van der Waals surface area contributed by atoms with Gasteiger partial charge in [-0.2, -0.15) is 0 Å². The topological polar surface area (TPSA) is 133 Å². The molecule has 0 saturated heterocycles. The summed E-state index contributed by atoms with van der Waals surface area (Å²) in [5.74, 6) is -2.53. The molecule has 0 aliphatic carbocycles. The van der Waals surface area contributed by atoms with Crippen molar-refractivity contribution in [3.63, 3.8) is 0 Å². The predicted octanol–water partition coefficient (Wildman–Crippen LogP) is -1.02. The molecule has 4 N–H and O–H groups in total. The molecule has 0 spiro atoms. The van der Waals surface area contributed by atoms with Crippen LogP contribution in [-0.4, -0.2) is 56.5 Å². The van der Waals surface area contributed by atoms with Crippen LogP contribution in [0.15, 0.2) is 0 Å². The minimum Gasteiger partial charge on any atom is -0.481 e. The Labute approximate surface area is 106 Å². The van der Waals surface area contributed by atoms with E-state index < -0.39 is 47.3 Å². The second-order valence-corrected chi connectivity index (χ2v) is 5.23. The van der Waals surface area contributed by atoms with Gasteiger partial charge in [0.25, 0.3) is 0 Å². The molecule has 0 rings (SSSR count). The van der Waals surface area contributed by atoms with Crippen molar-refractivity contribution in [2.24, 2.45) is 0 Å². The standard InChI is InChI=1S/C9H16N2O6S/c1-5(4-18(2)17)10-9(16)11-6(8(14)15)3-7(12)13/h5-6H,3-4H2,1-2H3,(H,12,13)(H,14,15)(H2,10,11,16)/t5?,6-,18?/m0/s1. The summed E-state index contributed by atoms with van der Waals surface area (Å²) in [5.41, 5.74) is 0. The first-order chi connectivity index (χ1) is 8.22. The number of amides is 2. The van der Waals surface area contributed by atoms with E-state index in [1.165, 1.54) is 6.26 Å². The Bertz CT molecular complexity index is 359. The highest BCUT2D eigenvalue weighted by atomic mass is 32.2. The Morgan fingerprint density at radius 2 is 1.78 bits per heavy atom. The van der Waals surface area contributed by atoms with Gasteiger partial charge in [0.05, 0.1) is 6.42 Å². The highest BCUT2D eigenvalue weighted by molar-refractivity contribution is 7.84. The highest BCUT2D eigenvalue weighted by Crippen LogP contribution is 1.93. The van der Waals surface area contributed by atoms with Crippen LogP contribution >= 0.6 is 0 Å². The zero-order valence-corrected chi connectivity index (χ0v) is 10.8. The normalized spacial score (nSPS) is 15.2. The van der Waals surface area contributed by atoms with Crippen molar-refractivity contribution in [2.45, 2.75) is 25.4 Å². The molecule has 2 unspecified atom stereocenters. The molecule has 104 valence electrons. The van der Waals surface area contributed by atoms with Crippen molar-refractivity contribution >= 4 is 28.8 Å². The van der Waals surface area contributed by atoms with Gasteiger partial charge in [-0.05, 0) is 6.92 Å². The molecule has 0 heterocycles. The van der Waals surface area contributed by atoms with E-state index in [0.717, 1.165) is 0 Å². The molecule has 9 heteroatoms. The van der Waals surface area contributed by atoms with Crippen molar-refractivity contribution in [3.05, 3.63) is 0 Å². The molecule has 2 amide bonds. The van der Waals surface area contributed by atoms with Gasteiger partial charge < -0.3 is 20.8 Å². The maximum absolute atomic E-state index is 11.4. The largest absolute Gasteiger partial charge is 0.481 e. The number of nitrogens with one attached hydrogen (secondary N) is 2. The number of urea groups is 1. The van der Waals surface area contributed by atoms with E-state index in [0.29, 0.717) is 0 Å². The van der Waals surface area contributed by atoms with E-state index in [4.69, 9.17) is 10.2 Å². The van der Waals surface area contributed by atoms with Gasteiger partial charge in [0, 0.05) is 28.9 Å². The molecule has 0 aliphatic heterocycles. The fourth-order valence-electron chi connectivity index (χ4n) is 1.19. The van der Waals surface area contributed by atoms with Gasteiger partial charge in [-0.15, -0.1) is 0 Å². The Morgan fingerprint density at radius 1 is 1.22 bits per heavy atom. The maximum atomic E-state index is 11.4. The summed E-state index contributed by atoms with van der Waals surface area (Å²) >= 11 is 0. The van der Waals surface area contributed by atoms with Crippen LogP contribution < -0.4 is 10.6 Å². The number of hydrogen-bond donors (Lipinski definition) is 4. The summed E-state index contributed by atoms with van der Waals surface area (Å²) in [6.07, 6.45) is 0.761. The van der Waals surface area contributed by atoms with E-state index in [-0.39, 0.29) is 5.75 Å². The molecule has 18 heavy (non-hydrogen) atoms. The monoisotopic (exact) mass is 280 g/mol. The number of carbonyl (C=O) groups excluding carboxylic acids is 1. The van der Waals surface area contributed by atoms with Crippen molar-refractivity contribution < 1.29 is 28.8 Å². The van der Waals surface area contributed by atoms with Crippen molar-refractivity contribution in [3.8, 4) is 0 Å². The SMILES string of the molecule is CC(CS(C)=O)NC(=O)N[C@@H](CC(=O)O)C(=O)O. The lowest BCUT2D eigenvalue weighted by Gasteiger charge is -2.16. The van der Waals surface area contributed by atoms with Gasteiger partial charge in [-0.1, -0.05) is 0 Å². The van der Waals surface area contributed by atoms with Crippen LogP contribution in [-0.2, 0) is 20.4 Å². The van der Waals surface area contributed by atoms with Gasteiger partial charge in [-0.25, -0.2) is 9.59 Å². The Kier molecular flexibility index (Phi) is 6.94. The summed E-state index contributed by atoms with van der Waals surface area (Å²) in [6, 6.07) is -2.71. The number of carboxylic acid groups (broad SMARTS) is 2. The summed E-state index contributed by atoms with van der Waals surface area (Å²) in [4.78, 5) is 32.4. The first-order valence-corrected chi connectivity index (χ1v) is 6.76. The third-order valence-corrected chi connectivity index (χ3v) is 2.81. The Morgan fingerprint density at radius 3 is 2.17 bits per heavy atom.